The molecule has 1 aliphatic rings. The normalized spacial score (nSPS) is 14.1. The minimum atomic E-state index is -1.14. The zero-order chi connectivity index (χ0) is 14.0. The van der Waals surface area contributed by atoms with Crippen LogP contribution in [0.1, 0.15) is 23.2 Å². The molecule has 1 saturated carbocycles. The molecule has 1 aliphatic carbocycles. The van der Waals surface area contributed by atoms with Crippen LogP contribution in [0.4, 0.5) is 0 Å². The molecular formula is C11H13N3O5. The van der Waals surface area contributed by atoms with Gasteiger partial charge in [-0.15, -0.1) is 0 Å². The molecule has 0 unspecified atom stereocenters. The van der Waals surface area contributed by atoms with Crippen LogP contribution >= 0.6 is 0 Å². The van der Waals surface area contributed by atoms with Crippen molar-refractivity contribution in [2.45, 2.75) is 12.8 Å². The molecule has 1 aromatic rings. The number of hydrogen-bond donors (Lipinski definition) is 3. The molecule has 0 radical (unpaired) electrons. The zero-order valence-corrected chi connectivity index (χ0v) is 10.0. The summed E-state index contributed by atoms with van der Waals surface area (Å²) in [4.78, 5) is 50.5. The van der Waals surface area contributed by atoms with Gasteiger partial charge in [-0.25, -0.2) is 4.79 Å². The Morgan fingerprint density at radius 3 is 2.58 bits per heavy atom. The van der Waals surface area contributed by atoms with Crippen LogP contribution in [0.25, 0.3) is 0 Å². The average molecular weight is 267 g/mol. The Kier molecular flexibility index (Phi) is 3.50. The molecule has 102 valence electrons. The maximum atomic E-state index is 12.1. The van der Waals surface area contributed by atoms with Crippen molar-refractivity contribution in [3.05, 3.63) is 32.6 Å². The lowest BCUT2D eigenvalue weighted by atomic mass is 10.2. The van der Waals surface area contributed by atoms with E-state index >= 15 is 0 Å². The van der Waals surface area contributed by atoms with E-state index in [1.165, 1.54) is 0 Å². The predicted octanol–water partition coefficient (Wildman–Crippen LogP) is -1.000. The number of aromatic nitrogens is 2. The molecule has 1 fully saturated rings. The maximum Gasteiger partial charge on any atom is 0.325 e. The fourth-order valence-electron chi connectivity index (χ4n) is 1.73. The number of rotatable bonds is 5. The van der Waals surface area contributed by atoms with Crippen molar-refractivity contribution in [3.8, 4) is 0 Å². The van der Waals surface area contributed by atoms with Crippen LogP contribution in [0.3, 0.4) is 0 Å². The summed E-state index contributed by atoms with van der Waals surface area (Å²) in [6.07, 6.45) is 2.90. The highest BCUT2D eigenvalue weighted by molar-refractivity contribution is 5.95. The number of nitrogens with one attached hydrogen (secondary N) is 2. The lowest BCUT2D eigenvalue weighted by Gasteiger charge is -2.19. The number of carbonyl (C=O) groups excluding carboxylic acids is 1. The second-order valence-corrected chi connectivity index (χ2v) is 4.51. The van der Waals surface area contributed by atoms with Crippen LogP contribution in [0.5, 0.6) is 0 Å². The first kappa shape index (κ1) is 13.1. The van der Waals surface area contributed by atoms with Gasteiger partial charge in [-0.2, -0.15) is 0 Å². The van der Waals surface area contributed by atoms with E-state index in [-0.39, 0.29) is 5.56 Å². The van der Waals surface area contributed by atoms with Crippen molar-refractivity contribution in [3.63, 3.8) is 0 Å². The van der Waals surface area contributed by atoms with Crippen molar-refractivity contribution < 1.29 is 14.7 Å². The molecule has 1 aromatic heterocycles. The summed E-state index contributed by atoms with van der Waals surface area (Å²) in [7, 11) is 0. The van der Waals surface area contributed by atoms with Gasteiger partial charge >= 0.3 is 11.7 Å². The first-order valence-electron chi connectivity index (χ1n) is 5.80. The smallest absolute Gasteiger partial charge is 0.325 e. The summed E-state index contributed by atoms with van der Waals surface area (Å²) in [5, 5.41) is 8.79. The van der Waals surface area contributed by atoms with Gasteiger partial charge in [0.1, 0.15) is 12.1 Å². The Bertz CT molecular complexity index is 613. The highest BCUT2D eigenvalue weighted by Gasteiger charge is 2.29. The largest absolute Gasteiger partial charge is 0.480 e. The lowest BCUT2D eigenvalue weighted by molar-refractivity contribution is -0.137. The monoisotopic (exact) mass is 267 g/mol. The molecule has 0 saturated heterocycles. The number of amides is 1. The fourth-order valence-corrected chi connectivity index (χ4v) is 1.73. The molecule has 2 rings (SSSR count). The third-order valence-corrected chi connectivity index (χ3v) is 2.84. The Labute approximate surface area is 107 Å². The van der Waals surface area contributed by atoms with Gasteiger partial charge < -0.3 is 15.0 Å². The Hall–Kier alpha value is -2.38. The standard InChI is InChI=1S/C11H13N3O5/c15-8(16)5-14(4-6-1-2-6)10(18)7-3-12-11(19)13-9(7)17/h3,6H,1-2,4-5H2,(H,15,16)(H2,12,13,17,19). The van der Waals surface area contributed by atoms with E-state index in [1.54, 1.807) is 0 Å². The van der Waals surface area contributed by atoms with Gasteiger partial charge in [0.2, 0.25) is 0 Å². The number of carboxylic acids is 1. The van der Waals surface area contributed by atoms with Gasteiger partial charge in [0.05, 0.1) is 0 Å². The molecule has 0 aliphatic heterocycles. The van der Waals surface area contributed by atoms with Crippen LogP contribution in [-0.4, -0.2) is 44.9 Å². The van der Waals surface area contributed by atoms with Gasteiger partial charge in [0.25, 0.3) is 11.5 Å². The van der Waals surface area contributed by atoms with Gasteiger partial charge in [-0.05, 0) is 18.8 Å². The molecule has 0 aromatic carbocycles. The van der Waals surface area contributed by atoms with Crippen molar-refractivity contribution in [1.82, 2.24) is 14.9 Å². The van der Waals surface area contributed by atoms with Crippen molar-refractivity contribution >= 4 is 11.9 Å². The molecule has 8 heteroatoms. The van der Waals surface area contributed by atoms with E-state index in [0.717, 1.165) is 23.9 Å². The van der Waals surface area contributed by atoms with Crippen molar-refractivity contribution in [2.75, 3.05) is 13.1 Å². The van der Waals surface area contributed by atoms with E-state index in [9.17, 15) is 19.2 Å². The number of carbonyl (C=O) groups is 2. The van der Waals surface area contributed by atoms with Crippen LogP contribution < -0.4 is 11.2 Å². The summed E-state index contributed by atoms with van der Waals surface area (Å²) in [6.45, 7) is -0.155. The first-order valence-corrected chi connectivity index (χ1v) is 5.80. The summed E-state index contributed by atoms with van der Waals surface area (Å²) in [5.74, 6) is -1.54. The van der Waals surface area contributed by atoms with Crippen LogP contribution in [0.15, 0.2) is 15.8 Å². The van der Waals surface area contributed by atoms with Crippen LogP contribution in [-0.2, 0) is 4.79 Å². The molecule has 1 amide bonds. The third-order valence-electron chi connectivity index (χ3n) is 2.84. The van der Waals surface area contributed by atoms with Gasteiger partial charge in [-0.3, -0.25) is 19.4 Å². The number of H-pyrrole nitrogens is 2. The fraction of sp³-hybridized carbons (Fsp3) is 0.455. The molecule has 19 heavy (non-hydrogen) atoms. The average Bonchev–Trinajstić information content (AvgIpc) is 3.10. The van der Waals surface area contributed by atoms with E-state index < -0.39 is 29.7 Å². The Balaban J connectivity index is 2.23. The Morgan fingerprint density at radius 2 is 2.05 bits per heavy atom. The number of hydrogen-bond acceptors (Lipinski definition) is 4. The summed E-state index contributed by atoms with van der Waals surface area (Å²) in [6, 6.07) is 0. The van der Waals surface area contributed by atoms with Crippen molar-refractivity contribution in [1.29, 1.82) is 0 Å². The minimum absolute atomic E-state index is 0.262. The van der Waals surface area contributed by atoms with Gasteiger partial charge in [0, 0.05) is 12.7 Å². The second-order valence-electron chi connectivity index (χ2n) is 4.51. The third kappa shape index (κ3) is 3.30. The number of aliphatic carboxylic acids is 1. The van der Waals surface area contributed by atoms with Crippen LogP contribution in [0, 0.1) is 5.92 Å². The summed E-state index contributed by atoms with van der Waals surface area (Å²) in [5.41, 5.74) is -1.80. The van der Waals surface area contributed by atoms with E-state index in [0.29, 0.717) is 12.5 Å². The van der Waals surface area contributed by atoms with Gasteiger partial charge in [0.15, 0.2) is 0 Å². The quantitative estimate of drug-likeness (QED) is 0.631. The van der Waals surface area contributed by atoms with E-state index in [4.69, 9.17) is 5.11 Å². The summed E-state index contributed by atoms with van der Waals surface area (Å²) >= 11 is 0. The SMILES string of the molecule is O=C(O)CN(CC1CC1)C(=O)c1c[nH]c(=O)[nH]c1=O. The highest BCUT2D eigenvalue weighted by atomic mass is 16.4. The van der Waals surface area contributed by atoms with Crippen molar-refractivity contribution in [2.24, 2.45) is 5.92 Å². The van der Waals surface area contributed by atoms with Gasteiger partial charge in [-0.1, -0.05) is 0 Å². The maximum absolute atomic E-state index is 12.1. The molecular weight excluding hydrogens is 254 g/mol. The van der Waals surface area contributed by atoms with Crippen LogP contribution in [0.2, 0.25) is 0 Å². The second kappa shape index (κ2) is 5.09. The Morgan fingerprint density at radius 1 is 1.37 bits per heavy atom. The molecule has 3 N–H and O–H groups in total. The predicted molar refractivity (Wildman–Crippen MR) is 63.9 cm³/mol. The number of aromatic amines is 2. The molecule has 0 atom stereocenters. The van der Waals surface area contributed by atoms with E-state index in [2.05, 4.69) is 4.98 Å². The number of nitrogens with zero attached hydrogens (tertiary/aromatic N) is 1. The molecule has 0 spiro atoms. The molecule has 1 heterocycles. The highest BCUT2D eigenvalue weighted by Crippen LogP contribution is 2.29. The zero-order valence-electron chi connectivity index (χ0n) is 10.0. The topological polar surface area (TPSA) is 123 Å². The number of carboxylic acid groups (broad SMARTS) is 1. The lowest BCUT2D eigenvalue weighted by Crippen LogP contribution is -2.40. The van der Waals surface area contributed by atoms with E-state index in [1.807, 2.05) is 4.98 Å². The molecule has 8 nitrogen and oxygen atoms in total. The minimum Gasteiger partial charge on any atom is -0.480 e. The molecule has 0 bridgehead atoms. The first-order chi connectivity index (χ1) is 8.97. The summed E-state index contributed by atoms with van der Waals surface area (Å²) < 4.78 is 0.